The first-order valence-corrected chi connectivity index (χ1v) is 14.2. The zero-order chi connectivity index (χ0) is 35.2. The highest BCUT2D eigenvalue weighted by Crippen LogP contribution is 2.41. The summed E-state index contributed by atoms with van der Waals surface area (Å²) < 4.78 is 31.7. The molecule has 0 spiro atoms. The molecule has 0 saturated heterocycles. The van der Waals surface area contributed by atoms with Crippen LogP contribution in [-0.4, -0.2) is 78.6 Å². The van der Waals surface area contributed by atoms with Crippen LogP contribution in [0.1, 0.15) is 0 Å². The molecule has 0 radical (unpaired) electrons. The summed E-state index contributed by atoms with van der Waals surface area (Å²) in [5, 5.41) is 11.2. The number of ether oxygens (including phenoxy) is 6. The van der Waals surface area contributed by atoms with Crippen LogP contribution < -0.4 is 55.4 Å². The average molecular weight is 674 g/mol. The van der Waals surface area contributed by atoms with Crippen LogP contribution in [0.5, 0.6) is 34.5 Å². The number of nitrogens with one attached hydrogen (secondary N) is 4. The highest BCUT2D eigenvalue weighted by molar-refractivity contribution is 5.98. The minimum Gasteiger partial charge on any atom is -0.493 e. The van der Waals surface area contributed by atoms with Gasteiger partial charge in [-0.15, -0.1) is 0 Å². The van der Waals surface area contributed by atoms with Crippen molar-refractivity contribution in [2.75, 3.05) is 69.7 Å². The van der Waals surface area contributed by atoms with Crippen LogP contribution >= 0.6 is 0 Å². The molecular formula is C31H35N11O7. The molecule has 256 valence electrons. The van der Waals surface area contributed by atoms with E-state index in [1.54, 1.807) is 57.7 Å². The van der Waals surface area contributed by atoms with Gasteiger partial charge in [0, 0.05) is 41.3 Å². The lowest BCUT2D eigenvalue weighted by Crippen LogP contribution is -2.21. The van der Waals surface area contributed by atoms with Gasteiger partial charge >= 0.3 is 6.03 Å². The third-order valence-electron chi connectivity index (χ3n) is 6.26. The Balaban J connectivity index is 0.000000237. The Labute approximate surface area is 281 Å². The van der Waals surface area contributed by atoms with Crippen LogP contribution in [0.3, 0.4) is 0 Å². The van der Waals surface area contributed by atoms with Crippen LogP contribution in [-0.2, 0) is 0 Å². The summed E-state index contributed by atoms with van der Waals surface area (Å²) >= 11 is 0. The van der Waals surface area contributed by atoms with Gasteiger partial charge in [-0.3, -0.25) is 5.32 Å². The van der Waals surface area contributed by atoms with Gasteiger partial charge in [-0.05, 0) is 12.1 Å². The quantitative estimate of drug-likeness (QED) is 0.123. The number of hydrogen-bond acceptors (Lipinski definition) is 16. The number of rotatable bonds is 12. The van der Waals surface area contributed by atoms with Gasteiger partial charge in [0.1, 0.15) is 12.7 Å². The number of nitrogens with zero attached hydrogens (tertiary/aromatic N) is 6. The van der Waals surface area contributed by atoms with Gasteiger partial charge in [-0.1, -0.05) is 18.2 Å². The van der Waals surface area contributed by atoms with Crippen LogP contribution in [0.15, 0.2) is 67.3 Å². The number of nitrogens with two attached hydrogens (primary N) is 1. The predicted octanol–water partition coefficient (Wildman–Crippen LogP) is 4.51. The lowest BCUT2D eigenvalue weighted by Gasteiger charge is -2.14. The summed E-state index contributed by atoms with van der Waals surface area (Å²) in [5.74, 6) is 3.75. The van der Waals surface area contributed by atoms with E-state index in [0.717, 1.165) is 0 Å². The lowest BCUT2D eigenvalue weighted by molar-refractivity contribution is 0.262. The molecule has 0 saturated carbocycles. The number of urea groups is 1. The fourth-order valence-electron chi connectivity index (χ4n) is 4.14. The van der Waals surface area contributed by atoms with Crippen LogP contribution in [0.4, 0.5) is 45.7 Å². The maximum atomic E-state index is 12.1. The first-order valence-electron chi connectivity index (χ1n) is 14.2. The van der Waals surface area contributed by atoms with Crippen LogP contribution in [0.2, 0.25) is 0 Å². The van der Waals surface area contributed by atoms with Gasteiger partial charge in [0.25, 0.3) is 0 Å². The number of carbonyl (C=O) groups excluding carboxylic acids is 1. The number of aromatic nitrogens is 6. The van der Waals surface area contributed by atoms with Crippen molar-refractivity contribution in [3.63, 3.8) is 0 Å². The Morgan fingerprint density at radius 3 is 1.45 bits per heavy atom. The molecule has 0 aliphatic carbocycles. The van der Waals surface area contributed by atoms with E-state index in [4.69, 9.17) is 34.2 Å². The monoisotopic (exact) mass is 673 g/mol. The van der Waals surface area contributed by atoms with Crippen molar-refractivity contribution in [2.24, 2.45) is 0 Å². The van der Waals surface area contributed by atoms with E-state index in [-0.39, 0.29) is 17.8 Å². The Hall–Kier alpha value is -6.85. The zero-order valence-corrected chi connectivity index (χ0v) is 27.5. The second-order valence-electron chi connectivity index (χ2n) is 9.32. The van der Waals surface area contributed by atoms with Gasteiger partial charge in [0.05, 0.1) is 42.7 Å². The molecule has 2 aromatic heterocycles. The highest BCUT2D eigenvalue weighted by Gasteiger charge is 2.15. The topological polar surface area (TPSA) is 224 Å². The Morgan fingerprint density at radius 1 is 0.551 bits per heavy atom. The van der Waals surface area contributed by atoms with E-state index in [1.807, 2.05) is 18.2 Å². The molecule has 0 fully saturated rings. The zero-order valence-electron chi connectivity index (χ0n) is 27.5. The van der Waals surface area contributed by atoms with E-state index < -0.39 is 6.03 Å². The van der Waals surface area contributed by atoms with E-state index in [2.05, 4.69) is 51.2 Å². The maximum Gasteiger partial charge on any atom is 0.326 e. The van der Waals surface area contributed by atoms with E-state index >= 15 is 0 Å². The number of para-hydroxylation sites is 1. The summed E-state index contributed by atoms with van der Waals surface area (Å²) in [5.41, 5.74) is 7.42. The van der Waals surface area contributed by atoms with E-state index in [1.165, 1.54) is 34.0 Å². The van der Waals surface area contributed by atoms with Crippen LogP contribution in [0, 0.1) is 0 Å². The molecule has 0 atom stereocenters. The molecule has 6 N–H and O–H groups in total. The van der Waals surface area contributed by atoms with E-state index in [9.17, 15) is 4.79 Å². The largest absolute Gasteiger partial charge is 0.493 e. The molecule has 18 nitrogen and oxygen atoms in total. The average Bonchev–Trinajstić information content (AvgIpc) is 3.11. The van der Waals surface area contributed by atoms with Crippen molar-refractivity contribution in [3.05, 3.63) is 67.3 Å². The maximum absolute atomic E-state index is 12.1. The number of anilines is 7. The first-order chi connectivity index (χ1) is 23.8. The SMILES string of the molecule is COc1cc(Nc2ncnc(N)n2)cc(OC)c1OC.COc1cc(Nc2ncnc(NC(=O)Nc3ccccc3)n2)cc(OC)c1OC. The van der Waals surface area contributed by atoms with Crippen molar-refractivity contribution < 1.29 is 33.2 Å². The number of methoxy groups -OCH3 is 6. The molecular weight excluding hydrogens is 638 g/mol. The summed E-state index contributed by atoms with van der Waals surface area (Å²) in [6.07, 6.45) is 2.61. The summed E-state index contributed by atoms with van der Waals surface area (Å²) in [4.78, 5) is 35.9. The molecule has 5 aromatic rings. The predicted molar refractivity (Wildman–Crippen MR) is 182 cm³/mol. The second-order valence-corrected chi connectivity index (χ2v) is 9.32. The molecule has 0 unspecified atom stereocenters. The molecule has 2 amide bonds. The van der Waals surface area contributed by atoms with Gasteiger partial charge < -0.3 is 50.1 Å². The Bertz CT molecular complexity index is 1800. The fourth-order valence-corrected chi connectivity index (χ4v) is 4.14. The number of carbonyl (C=O) groups is 1. The summed E-state index contributed by atoms with van der Waals surface area (Å²) in [6, 6.07) is 15.4. The number of amides is 2. The van der Waals surface area contributed by atoms with Crippen LogP contribution in [0.25, 0.3) is 0 Å². The molecule has 0 aliphatic rings. The van der Waals surface area contributed by atoms with Gasteiger partial charge in [0.15, 0.2) is 23.0 Å². The van der Waals surface area contributed by atoms with Crippen molar-refractivity contribution in [1.29, 1.82) is 0 Å². The van der Waals surface area contributed by atoms with Crippen molar-refractivity contribution >= 4 is 46.9 Å². The Morgan fingerprint density at radius 2 is 1.00 bits per heavy atom. The van der Waals surface area contributed by atoms with Gasteiger partial charge in [0.2, 0.25) is 35.3 Å². The first kappa shape index (κ1) is 35.0. The van der Waals surface area contributed by atoms with Gasteiger partial charge in [-0.2, -0.15) is 9.97 Å². The molecule has 0 aliphatic heterocycles. The standard InChI is InChI=1S/C19H20N6O4.C12H15N5O3/c1-27-14-9-13(10-15(28-2)16(14)29-3)22-17-20-11-21-18(24-17)25-19(26)23-12-7-5-4-6-8-12;1-18-8-4-7(5-9(19-2)10(8)20-3)16-12-15-6-14-11(13)17-12/h4-11H,1-3H3,(H3,20,21,22,23,24,25,26);4-6H,1-3H3,(H3,13,14,15,16,17). The molecule has 5 rings (SSSR count). The number of benzene rings is 3. The third-order valence-corrected chi connectivity index (χ3v) is 6.26. The second kappa shape index (κ2) is 17.2. The van der Waals surface area contributed by atoms with Crippen molar-refractivity contribution in [3.8, 4) is 34.5 Å². The minimum absolute atomic E-state index is 0.0865. The third kappa shape index (κ3) is 9.58. The highest BCUT2D eigenvalue weighted by atomic mass is 16.5. The van der Waals surface area contributed by atoms with Gasteiger partial charge in [-0.25, -0.2) is 24.7 Å². The van der Waals surface area contributed by atoms with E-state index in [0.29, 0.717) is 57.5 Å². The smallest absolute Gasteiger partial charge is 0.326 e. The van der Waals surface area contributed by atoms with Crippen molar-refractivity contribution in [1.82, 2.24) is 29.9 Å². The summed E-state index contributed by atoms with van der Waals surface area (Å²) in [6.45, 7) is 0. The Kier molecular flexibility index (Phi) is 12.3. The van der Waals surface area contributed by atoms with Crippen molar-refractivity contribution in [2.45, 2.75) is 0 Å². The molecule has 0 bridgehead atoms. The summed E-state index contributed by atoms with van der Waals surface area (Å²) in [7, 11) is 9.21. The number of hydrogen-bond donors (Lipinski definition) is 5. The molecule has 18 heteroatoms. The fraction of sp³-hybridized carbons (Fsp3) is 0.194. The molecule has 2 heterocycles. The number of nitrogen functional groups attached to an aromatic ring is 1. The normalized spacial score (nSPS) is 10.0. The molecule has 3 aromatic carbocycles. The molecule has 49 heavy (non-hydrogen) atoms. The minimum atomic E-state index is -0.471. The lowest BCUT2D eigenvalue weighted by atomic mass is 10.2.